The van der Waals surface area contributed by atoms with Gasteiger partial charge in [-0.2, -0.15) is 4.99 Å². The average molecular weight is 606 g/mol. The molecule has 0 aliphatic carbocycles. The van der Waals surface area contributed by atoms with Gasteiger partial charge < -0.3 is 10.7 Å². The highest BCUT2D eigenvalue weighted by molar-refractivity contribution is 7.80. The fraction of sp³-hybridized carbons (Fsp3) is 0.147. The van der Waals surface area contributed by atoms with Crippen LogP contribution in [0.3, 0.4) is 0 Å². The van der Waals surface area contributed by atoms with Gasteiger partial charge in [0.15, 0.2) is 0 Å². The molecule has 0 spiro atoms. The zero-order valence-electron chi connectivity index (χ0n) is 24.4. The van der Waals surface area contributed by atoms with Crippen LogP contribution in [-0.4, -0.2) is 25.4 Å². The van der Waals surface area contributed by atoms with Crippen LogP contribution in [0, 0.1) is 11.3 Å². The van der Waals surface area contributed by atoms with E-state index in [2.05, 4.69) is 53.9 Å². The second kappa shape index (κ2) is 11.6. The molecule has 5 aromatic rings. The van der Waals surface area contributed by atoms with Gasteiger partial charge in [0.05, 0.1) is 0 Å². The number of hydrogen-bond acceptors (Lipinski definition) is 4. The van der Waals surface area contributed by atoms with Crippen LogP contribution in [0.5, 0.6) is 0 Å². The van der Waals surface area contributed by atoms with E-state index in [1.165, 1.54) is 0 Å². The molecule has 0 saturated heterocycles. The molecule has 0 amide bonds. The van der Waals surface area contributed by atoms with Gasteiger partial charge in [-0.15, -0.1) is 0 Å². The number of pyridine rings is 1. The Hall–Kier alpha value is -4.90. The summed E-state index contributed by atoms with van der Waals surface area (Å²) in [5, 5.41) is 9.90. The van der Waals surface area contributed by atoms with Crippen molar-refractivity contribution in [2.24, 2.45) is 16.6 Å². The molecule has 0 bridgehead atoms. The molecule has 222 valence electrons. The maximum Gasteiger partial charge on any atom is 0.312 e. The van der Waals surface area contributed by atoms with E-state index in [9.17, 15) is 13.6 Å². The Morgan fingerprint density at radius 3 is 2.39 bits per heavy atom. The van der Waals surface area contributed by atoms with Gasteiger partial charge in [0.2, 0.25) is 11.5 Å². The molecule has 2 atom stereocenters. The highest BCUT2D eigenvalue weighted by atomic mass is 32.2. The average Bonchev–Trinajstić information content (AvgIpc) is 3.31. The third-order valence-corrected chi connectivity index (χ3v) is 8.39. The number of quaternary nitrogens is 1. The Balaban J connectivity index is 1.48. The first-order valence-corrected chi connectivity index (χ1v) is 15.4. The minimum absolute atomic E-state index is 0.0147. The van der Waals surface area contributed by atoms with Gasteiger partial charge in [-0.25, -0.2) is 8.69 Å². The molecule has 9 nitrogen and oxygen atoms in total. The predicted octanol–water partition coefficient (Wildman–Crippen LogP) is 6.44. The van der Waals surface area contributed by atoms with Crippen LogP contribution in [0.4, 0.5) is 17.1 Å². The van der Waals surface area contributed by atoms with Crippen molar-refractivity contribution in [3.05, 3.63) is 124 Å². The number of benzene rings is 4. The Labute approximate surface area is 257 Å². The number of anilines is 1. The fourth-order valence-electron chi connectivity index (χ4n) is 6.19. The topological polar surface area (TPSA) is 144 Å². The summed E-state index contributed by atoms with van der Waals surface area (Å²) in [5.41, 5.74) is 12.0. The molecule has 1 aromatic heterocycles. The lowest BCUT2D eigenvalue weighted by Crippen LogP contribution is -2.54. The van der Waals surface area contributed by atoms with Crippen molar-refractivity contribution in [2.75, 3.05) is 4.72 Å². The van der Waals surface area contributed by atoms with Crippen LogP contribution in [0.15, 0.2) is 107 Å². The largest absolute Gasteiger partial charge is 0.384 e. The van der Waals surface area contributed by atoms with E-state index in [0.717, 1.165) is 38.9 Å². The third kappa shape index (κ3) is 5.58. The van der Waals surface area contributed by atoms with Gasteiger partial charge in [-0.1, -0.05) is 68.4 Å². The predicted molar refractivity (Wildman–Crippen MR) is 179 cm³/mol. The summed E-state index contributed by atoms with van der Waals surface area (Å²) in [6.07, 6.45) is 1.64. The number of aromatic nitrogens is 1. The summed E-state index contributed by atoms with van der Waals surface area (Å²) in [6, 6.07) is 29.4. The Kier molecular flexibility index (Phi) is 7.73. The monoisotopic (exact) mass is 605 g/mol. The number of aliphatic imine (C=N–C) groups is 1. The summed E-state index contributed by atoms with van der Waals surface area (Å²) >= 11 is -2.17. The highest BCUT2D eigenvalue weighted by Crippen LogP contribution is 2.43. The first kappa shape index (κ1) is 29.2. The molecule has 6 N–H and O–H groups in total. The zero-order valence-corrected chi connectivity index (χ0v) is 25.2. The van der Waals surface area contributed by atoms with E-state index in [1.54, 1.807) is 12.3 Å². The second-order valence-corrected chi connectivity index (χ2v) is 12.1. The van der Waals surface area contributed by atoms with Crippen LogP contribution in [0.1, 0.15) is 30.5 Å². The van der Waals surface area contributed by atoms with E-state index < -0.39 is 11.3 Å². The Morgan fingerprint density at radius 1 is 0.955 bits per heavy atom. The smallest absolute Gasteiger partial charge is 0.312 e. The van der Waals surface area contributed by atoms with Gasteiger partial charge in [-0.3, -0.25) is 19.5 Å². The van der Waals surface area contributed by atoms with Crippen molar-refractivity contribution >= 4 is 50.8 Å². The molecule has 1 aliphatic rings. The first-order chi connectivity index (χ1) is 21.1. The van der Waals surface area contributed by atoms with Gasteiger partial charge in [0, 0.05) is 34.5 Å². The second-order valence-electron chi connectivity index (χ2n) is 11.4. The van der Waals surface area contributed by atoms with E-state index in [1.807, 2.05) is 54.6 Å². The molecule has 6 rings (SSSR count). The van der Waals surface area contributed by atoms with Crippen molar-refractivity contribution in [1.29, 1.82) is 5.41 Å². The quantitative estimate of drug-likeness (QED) is 0.0570. The zero-order chi connectivity index (χ0) is 31.0. The number of H-pyrrole nitrogens is 1. The van der Waals surface area contributed by atoms with Crippen molar-refractivity contribution < 1.29 is 8.76 Å². The number of nitrogens with one attached hydrogen (secondary N) is 3. The maximum absolute atomic E-state index is 13.6. The van der Waals surface area contributed by atoms with Crippen LogP contribution in [0.2, 0.25) is 0 Å². The van der Waals surface area contributed by atoms with E-state index in [0.29, 0.717) is 35.7 Å². The molecule has 0 saturated carbocycles. The number of nitrogen functional groups attached to an aromatic ring is 1. The molecular weight excluding hydrogens is 572 g/mol. The minimum atomic E-state index is -2.17. The summed E-state index contributed by atoms with van der Waals surface area (Å²) in [5.74, 6) is 0.967. The number of rotatable bonds is 9. The molecular formula is C34H33N6O3S+. The lowest BCUT2D eigenvalue weighted by atomic mass is 9.99. The molecule has 4 aromatic carbocycles. The van der Waals surface area contributed by atoms with Crippen molar-refractivity contribution in [3.8, 4) is 11.1 Å². The normalized spacial score (nSPS) is 16.5. The summed E-state index contributed by atoms with van der Waals surface area (Å²) in [4.78, 5) is 21.5. The van der Waals surface area contributed by atoms with Gasteiger partial charge in [-0.05, 0) is 58.3 Å². The molecule has 2 unspecified atom stereocenters. The number of nitrogens with zero attached hydrogens (tertiary/aromatic N) is 2. The summed E-state index contributed by atoms with van der Waals surface area (Å²) in [7, 11) is 0. The summed E-state index contributed by atoms with van der Waals surface area (Å²) in [6.45, 7) is 5.18. The number of fused-ring (bicyclic) bond motifs is 2. The lowest BCUT2D eigenvalue weighted by molar-refractivity contribution is 0.384. The SMILES string of the molecule is CC(C)C1=Nc2cc[nH]c(=O)c2[N+]1(Cc1cccc(-c2cccc(NS(=O)O)c2)c1)Cc1ccc2ccc(C(=N)N)cc2c1. The minimum Gasteiger partial charge on any atom is -0.384 e. The number of amidine groups is 2. The summed E-state index contributed by atoms with van der Waals surface area (Å²) < 4.78 is 23.4. The van der Waals surface area contributed by atoms with Crippen molar-refractivity contribution in [2.45, 2.75) is 26.9 Å². The maximum atomic E-state index is 13.6. The highest BCUT2D eigenvalue weighted by Gasteiger charge is 2.47. The third-order valence-electron chi connectivity index (χ3n) is 7.98. The Bertz CT molecular complexity index is 2040. The molecule has 0 fully saturated rings. The van der Waals surface area contributed by atoms with E-state index >= 15 is 0 Å². The first-order valence-electron chi connectivity index (χ1n) is 14.3. The van der Waals surface area contributed by atoms with Crippen LogP contribution in [-0.2, 0) is 24.4 Å². The van der Waals surface area contributed by atoms with Crippen LogP contribution in [0.25, 0.3) is 21.9 Å². The number of hydrogen-bond donors (Lipinski definition) is 5. The van der Waals surface area contributed by atoms with Gasteiger partial charge in [0.25, 0.3) is 11.3 Å². The standard InChI is InChI=1S/C34H32N6O3S/c1-21(2)33-38-30-13-14-37-34(41)31(30)40(33,20-23-9-10-24-11-12-27(32(35)36)17-28(24)16-23)19-22-5-3-6-25(15-22)26-7-4-8-29(18-26)39-44(42)43/h3-18,21,39H,19-20H2,1-2H3,(H4-,35,36,37,41,42,43)/p+1. The van der Waals surface area contributed by atoms with Crippen molar-refractivity contribution in [3.63, 3.8) is 0 Å². The molecule has 0 radical (unpaired) electrons. The van der Waals surface area contributed by atoms with Gasteiger partial charge >= 0.3 is 5.56 Å². The fourth-order valence-corrected chi connectivity index (χ4v) is 6.52. The van der Waals surface area contributed by atoms with Crippen LogP contribution < -0.4 is 20.5 Å². The van der Waals surface area contributed by atoms with Crippen molar-refractivity contribution in [1.82, 2.24) is 9.47 Å². The van der Waals surface area contributed by atoms with E-state index in [-0.39, 0.29) is 21.8 Å². The molecule has 2 heterocycles. The molecule has 44 heavy (non-hydrogen) atoms. The van der Waals surface area contributed by atoms with Crippen LogP contribution >= 0.6 is 0 Å². The molecule has 10 heteroatoms. The Morgan fingerprint density at radius 2 is 1.66 bits per heavy atom. The molecule has 1 aliphatic heterocycles. The van der Waals surface area contributed by atoms with E-state index in [4.69, 9.17) is 16.1 Å². The van der Waals surface area contributed by atoms with Gasteiger partial charge in [0.1, 0.15) is 24.6 Å². The number of nitrogens with two attached hydrogens (primary N) is 1. The number of aromatic amines is 1. The lowest BCUT2D eigenvalue weighted by Gasteiger charge is -2.36.